The van der Waals surface area contributed by atoms with Crippen LogP contribution in [0.4, 0.5) is 0 Å². The van der Waals surface area contributed by atoms with Crippen molar-refractivity contribution < 1.29 is 19.2 Å². The second-order valence-corrected chi connectivity index (χ2v) is 4.77. The summed E-state index contributed by atoms with van der Waals surface area (Å²) in [6.45, 7) is 1.42. The molecule has 1 unspecified atom stereocenters. The summed E-state index contributed by atoms with van der Waals surface area (Å²) < 4.78 is 4.81. The van der Waals surface area contributed by atoms with Gasteiger partial charge in [0.25, 0.3) is 5.91 Å². The first-order valence-corrected chi connectivity index (χ1v) is 6.45. The molecule has 1 heterocycles. The minimum atomic E-state index is -0.361. The lowest BCUT2D eigenvalue weighted by atomic mass is 10.2. The van der Waals surface area contributed by atoms with E-state index in [0.717, 1.165) is 25.7 Å². The van der Waals surface area contributed by atoms with E-state index in [1.54, 1.807) is 12.0 Å². The molecule has 6 heteroatoms. The molecule has 2 rings (SSSR count). The first-order chi connectivity index (χ1) is 8.74. The lowest BCUT2D eigenvalue weighted by molar-refractivity contribution is -0.146. The number of rotatable bonds is 6. The number of hydroxylamine groups is 1. The number of hydrogen-bond donors (Lipinski definition) is 1. The van der Waals surface area contributed by atoms with Gasteiger partial charge in [-0.15, -0.1) is 0 Å². The van der Waals surface area contributed by atoms with Crippen molar-refractivity contribution in [2.45, 2.75) is 31.7 Å². The average molecular weight is 256 g/mol. The van der Waals surface area contributed by atoms with Crippen LogP contribution in [0, 0.1) is 5.92 Å². The minimum absolute atomic E-state index is 0.129. The van der Waals surface area contributed by atoms with Crippen LogP contribution in [-0.2, 0) is 19.2 Å². The molecule has 18 heavy (non-hydrogen) atoms. The third-order valence-corrected chi connectivity index (χ3v) is 3.33. The molecule has 1 N–H and O–H groups in total. The maximum absolute atomic E-state index is 12.0. The van der Waals surface area contributed by atoms with E-state index in [0.29, 0.717) is 19.8 Å². The largest absolute Gasteiger partial charge is 0.382 e. The van der Waals surface area contributed by atoms with Gasteiger partial charge in [0.05, 0.1) is 13.2 Å². The lowest BCUT2D eigenvalue weighted by Crippen LogP contribution is -2.46. The zero-order valence-electron chi connectivity index (χ0n) is 10.7. The fourth-order valence-corrected chi connectivity index (χ4v) is 2.18. The quantitative estimate of drug-likeness (QED) is 0.540. The molecule has 102 valence electrons. The second kappa shape index (κ2) is 6.15. The highest BCUT2D eigenvalue weighted by Crippen LogP contribution is 2.33. The summed E-state index contributed by atoms with van der Waals surface area (Å²) in [5.41, 5.74) is 2.39. The maximum Gasteiger partial charge on any atom is 0.266 e. The van der Waals surface area contributed by atoms with Gasteiger partial charge in [-0.2, -0.15) is 0 Å². The number of amides is 2. The predicted molar refractivity (Wildman–Crippen MR) is 63.4 cm³/mol. The molecular formula is C12H20N2O4. The van der Waals surface area contributed by atoms with Crippen LogP contribution in [0.5, 0.6) is 0 Å². The summed E-state index contributed by atoms with van der Waals surface area (Å²) in [4.78, 5) is 30.6. The van der Waals surface area contributed by atoms with E-state index < -0.39 is 0 Å². The van der Waals surface area contributed by atoms with Crippen molar-refractivity contribution >= 4 is 11.8 Å². The highest BCUT2D eigenvalue weighted by molar-refractivity contribution is 5.89. The van der Waals surface area contributed by atoms with E-state index in [-0.39, 0.29) is 23.8 Å². The Morgan fingerprint density at radius 1 is 1.28 bits per heavy atom. The Morgan fingerprint density at radius 2 is 2.06 bits per heavy atom. The Bertz CT molecular complexity index is 317. The molecule has 0 bridgehead atoms. The number of hydrogen-bond acceptors (Lipinski definition) is 4. The lowest BCUT2D eigenvalue weighted by Gasteiger charge is -2.23. The number of nitrogens with zero attached hydrogens (tertiary/aromatic N) is 1. The van der Waals surface area contributed by atoms with Gasteiger partial charge in [-0.05, 0) is 25.7 Å². The van der Waals surface area contributed by atoms with Crippen LogP contribution >= 0.6 is 0 Å². The summed E-state index contributed by atoms with van der Waals surface area (Å²) >= 11 is 0. The van der Waals surface area contributed by atoms with Gasteiger partial charge in [0.15, 0.2) is 0 Å². The molecule has 2 fully saturated rings. The number of ether oxygens (including phenoxy) is 1. The SMILES string of the molecule is COCCONC(=O)C1CCCN1C(=O)C1CC1. The van der Waals surface area contributed by atoms with Crippen LogP contribution in [-0.4, -0.2) is 49.6 Å². The van der Waals surface area contributed by atoms with Crippen molar-refractivity contribution in [3.05, 3.63) is 0 Å². The fraction of sp³-hybridized carbons (Fsp3) is 0.833. The van der Waals surface area contributed by atoms with Crippen molar-refractivity contribution in [3.8, 4) is 0 Å². The summed E-state index contributed by atoms with van der Waals surface area (Å²) in [7, 11) is 1.57. The maximum atomic E-state index is 12.0. The van der Waals surface area contributed by atoms with Crippen LogP contribution in [0.3, 0.4) is 0 Å². The van der Waals surface area contributed by atoms with E-state index in [1.165, 1.54) is 0 Å². The molecule has 0 aromatic rings. The topological polar surface area (TPSA) is 67.9 Å². The first kappa shape index (κ1) is 13.3. The Labute approximate surface area is 107 Å². The molecule has 0 aromatic carbocycles. The van der Waals surface area contributed by atoms with Crippen LogP contribution in [0.2, 0.25) is 0 Å². The molecule has 0 aromatic heterocycles. The number of methoxy groups -OCH3 is 1. The molecule has 2 aliphatic rings. The van der Waals surface area contributed by atoms with Gasteiger partial charge < -0.3 is 9.64 Å². The minimum Gasteiger partial charge on any atom is -0.382 e. The van der Waals surface area contributed by atoms with Gasteiger partial charge in [-0.3, -0.25) is 14.4 Å². The van der Waals surface area contributed by atoms with E-state index in [1.807, 2.05) is 0 Å². The summed E-state index contributed by atoms with van der Waals surface area (Å²) in [6, 6.07) is -0.361. The zero-order valence-corrected chi connectivity index (χ0v) is 10.7. The van der Waals surface area contributed by atoms with Gasteiger partial charge in [0, 0.05) is 19.6 Å². The Balaban J connectivity index is 1.78. The van der Waals surface area contributed by atoms with Gasteiger partial charge in [0.1, 0.15) is 6.04 Å². The fourth-order valence-electron chi connectivity index (χ4n) is 2.18. The average Bonchev–Trinajstić information content (AvgIpc) is 3.10. The number of nitrogens with one attached hydrogen (secondary N) is 1. The van der Waals surface area contributed by atoms with E-state index in [2.05, 4.69) is 5.48 Å². The molecule has 0 spiro atoms. The predicted octanol–water partition coefficient (Wildman–Crippen LogP) is 0.0816. The number of carbonyl (C=O) groups is 2. The van der Waals surface area contributed by atoms with Crippen LogP contribution < -0.4 is 5.48 Å². The summed E-state index contributed by atoms with van der Waals surface area (Å²) in [6.07, 6.45) is 3.54. The highest BCUT2D eigenvalue weighted by Gasteiger charge is 2.40. The molecular weight excluding hydrogens is 236 g/mol. The Morgan fingerprint density at radius 3 is 2.72 bits per heavy atom. The molecule has 2 amide bonds. The third-order valence-electron chi connectivity index (χ3n) is 3.33. The molecule has 1 aliphatic carbocycles. The van der Waals surface area contributed by atoms with Crippen LogP contribution in [0.25, 0.3) is 0 Å². The molecule has 6 nitrogen and oxygen atoms in total. The smallest absolute Gasteiger partial charge is 0.266 e. The van der Waals surface area contributed by atoms with Crippen molar-refractivity contribution in [2.24, 2.45) is 5.92 Å². The molecule has 1 saturated carbocycles. The summed E-state index contributed by atoms with van der Waals surface area (Å²) in [5, 5.41) is 0. The Kier molecular flexibility index (Phi) is 4.54. The third kappa shape index (κ3) is 3.20. The molecule has 1 aliphatic heterocycles. The van der Waals surface area contributed by atoms with Crippen molar-refractivity contribution in [1.29, 1.82) is 0 Å². The number of carbonyl (C=O) groups excluding carboxylic acids is 2. The normalized spacial score (nSPS) is 23.2. The number of likely N-dealkylation sites (tertiary alicyclic amines) is 1. The summed E-state index contributed by atoms with van der Waals surface area (Å²) in [5.74, 6) is 0.0648. The molecule has 1 saturated heterocycles. The zero-order chi connectivity index (χ0) is 13.0. The van der Waals surface area contributed by atoms with Crippen molar-refractivity contribution in [2.75, 3.05) is 26.9 Å². The highest BCUT2D eigenvalue weighted by atomic mass is 16.7. The molecule has 0 radical (unpaired) electrons. The van der Waals surface area contributed by atoms with E-state index in [4.69, 9.17) is 9.57 Å². The van der Waals surface area contributed by atoms with E-state index >= 15 is 0 Å². The van der Waals surface area contributed by atoms with Gasteiger partial charge in [0.2, 0.25) is 5.91 Å². The van der Waals surface area contributed by atoms with Gasteiger partial charge in [-0.1, -0.05) is 0 Å². The first-order valence-electron chi connectivity index (χ1n) is 6.45. The van der Waals surface area contributed by atoms with Gasteiger partial charge >= 0.3 is 0 Å². The van der Waals surface area contributed by atoms with Crippen LogP contribution in [0.15, 0.2) is 0 Å². The van der Waals surface area contributed by atoms with Crippen LogP contribution in [0.1, 0.15) is 25.7 Å². The monoisotopic (exact) mass is 256 g/mol. The van der Waals surface area contributed by atoms with E-state index in [9.17, 15) is 9.59 Å². The second-order valence-electron chi connectivity index (χ2n) is 4.77. The standard InChI is InChI=1S/C12H20N2O4/c1-17-7-8-18-13-11(15)10-3-2-6-14(10)12(16)9-4-5-9/h9-10H,2-8H2,1H3,(H,13,15). The van der Waals surface area contributed by atoms with Crippen molar-refractivity contribution in [3.63, 3.8) is 0 Å². The van der Waals surface area contributed by atoms with Gasteiger partial charge in [-0.25, -0.2) is 5.48 Å². The molecule has 1 atom stereocenters. The van der Waals surface area contributed by atoms with Crippen molar-refractivity contribution in [1.82, 2.24) is 10.4 Å². The Hall–Kier alpha value is -1.14.